The zero-order valence-electron chi connectivity index (χ0n) is 10.9. The van der Waals surface area contributed by atoms with Gasteiger partial charge in [-0.05, 0) is 63.5 Å². The van der Waals surface area contributed by atoms with Crippen LogP contribution in [0.3, 0.4) is 0 Å². The highest BCUT2D eigenvalue weighted by molar-refractivity contribution is 5.52. The molecular weight excluding hydrogens is 230 g/mol. The predicted molar refractivity (Wildman–Crippen MR) is 79.5 cm³/mol. The predicted octanol–water partition coefficient (Wildman–Crippen LogP) is 3.30. The van der Waals surface area contributed by atoms with Crippen LogP contribution in [0, 0.1) is 63.2 Å². The first-order chi connectivity index (χ1) is 9.42. The van der Waals surface area contributed by atoms with Crippen molar-refractivity contribution in [3.63, 3.8) is 0 Å². The molecule has 1 heteroatoms. The van der Waals surface area contributed by atoms with E-state index in [1.54, 1.807) is 0 Å². The van der Waals surface area contributed by atoms with E-state index in [0.29, 0.717) is 0 Å². The Kier molecular flexibility index (Phi) is 4.42. The lowest BCUT2D eigenvalue weighted by atomic mass is 10.0. The zero-order valence-corrected chi connectivity index (χ0v) is 10.9. The standard InChI is InChI=1S/C18H17N/c1-2-12-18(13-3-1)19(14-16-8-4-5-9-16)15-17-10-6-7-11-17/h1-13H,14-15H2. The van der Waals surface area contributed by atoms with Crippen molar-refractivity contribution in [2.75, 3.05) is 18.0 Å². The van der Waals surface area contributed by atoms with Gasteiger partial charge in [0, 0.05) is 30.6 Å². The van der Waals surface area contributed by atoms with Crippen molar-refractivity contribution in [1.82, 2.24) is 0 Å². The third-order valence-corrected chi connectivity index (χ3v) is 3.33. The van der Waals surface area contributed by atoms with Crippen molar-refractivity contribution in [3.05, 3.63) is 93.5 Å². The number of benzene rings is 1. The second-order valence-corrected chi connectivity index (χ2v) is 4.78. The summed E-state index contributed by atoms with van der Waals surface area (Å²) in [6.45, 7) is 1.89. The molecule has 1 aromatic rings. The van der Waals surface area contributed by atoms with Gasteiger partial charge in [0.15, 0.2) is 0 Å². The molecule has 0 aromatic heterocycles. The fourth-order valence-corrected chi connectivity index (χ4v) is 2.36. The molecule has 3 rings (SSSR count). The molecule has 10 radical (unpaired) electrons. The van der Waals surface area contributed by atoms with Crippen molar-refractivity contribution >= 4 is 5.69 Å². The highest BCUT2D eigenvalue weighted by Crippen LogP contribution is 2.30. The van der Waals surface area contributed by atoms with Crippen LogP contribution in [-0.2, 0) is 0 Å². The third-order valence-electron chi connectivity index (χ3n) is 3.33. The maximum atomic E-state index is 2.41. The topological polar surface area (TPSA) is 3.24 Å². The largest absolute Gasteiger partial charge is 0.370 e. The molecule has 2 aliphatic carbocycles. The molecule has 0 bridgehead atoms. The summed E-state index contributed by atoms with van der Waals surface area (Å²) in [6.07, 6.45) is 17.1. The van der Waals surface area contributed by atoms with Crippen LogP contribution < -0.4 is 4.90 Å². The van der Waals surface area contributed by atoms with E-state index in [4.69, 9.17) is 0 Å². The van der Waals surface area contributed by atoms with Crippen LogP contribution in [-0.4, -0.2) is 13.1 Å². The van der Waals surface area contributed by atoms with Crippen molar-refractivity contribution in [2.45, 2.75) is 0 Å². The van der Waals surface area contributed by atoms with Gasteiger partial charge in [0.25, 0.3) is 0 Å². The number of hydrogen-bond acceptors (Lipinski definition) is 1. The summed E-state index contributed by atoms with van der Waals surface area (Å²) < 4.78 is 0. The lowest BCUT2D eigenvalue weighted by molar-refractivity contribution is 0.831. The number of para-hydroxylation sites is 1. The molecule has 0 saturated heterocycles. The molecule has 2 saturated carbocycles. The van der Waals surface area contributed by atoms with E-state index in [-0.39, 0.29) is 0 Å². The molecule has 0 spiro atoms. The molecule has 19 heavy (non-hydrogen) atoms. The minimum atomic E-state index is 0.947. The molecule has 0 amide bonds. The smallest absolute Gasteiger partial charge is 0.0366 e. The first kappa shape index (κ1) is 13.0. The van der Waals surface area contributed by atoms with Crippen LogP contribution in [0.25, 0.3) is 0 Å². The number of rotatable bonds is 5. The minimum absolute atomic E-state index is 0.947. The van der Waals surface area contributed by atoms with E-state index >= 15 is 0 Å². The van der Waals surface area contributed by atoms with Crippen LogP contribution in [0.5, 0.6) is 0 Å². The van der Waals surface area contributed by atoms with E-state index in [1.165, 1.54) is 17.5 Å². The Labute approximate surface area is 118 Å². The SMILES string of the molecule is [CH]1[CH][CH][C](CN(C[C]2[CH][CH][CH][CH]2)c2ccccc2)[CH]1. The Morgan fingerprint density at radius 1 is 0.632 bits per heavy atom. The molecule has 2 fully saturated rings. The zero-order chi connectivity index (χ0) is 12.9. The molecular formula is C18H17N. The quantitative estimate of drug-likeness (QED) is 0.771. The minimum Gasteiger partial charge on any atom is -0.370 e. The second-order valence-electron chi connectivity index (χ2n) is 4.78. The number of anilines is 1. The Bertz CT molecular complexity index is 343. The highest BCUT2D eigenvalue weighted by Gasteiger charge is 2.24. The Hall–Kier alpha value is -0.980. The van der Waals surface area contributed by atoms with Crippen LogP contribution in [0.4, 0.5) is 5.69 Å². The summed E-state index contributed by atoms with van der Waals surface area (Å²) >= 11 is 0. The van der Waals surface area contributed by atoms with E-state index in [9.17, 15) is 0 Å². The molecule has 94 valence electrons. The average Bonchev–Trinajstić information content (AvgIpc) is 3.12. The van der Waals surface area contributed by atoms with Gasteiger partial charge < -0.3 is 4.90 Å². The van der Waals surface area contributed by atoms with Gasteiger partial charge in [-0.25, -0.2) is 0 Å². The third kappa shape index (κ3) is 3.52. The summed E-state index contributed by atoms with van der Waals surface area (Å²) in [5.74, 6) is 2.71. The lowest BCUT2D eigenvalue weighted by Crippen LogP contribution is -2.32. The van der Waals surface area contributed by atoms with Gasteiger partial charge in [0.1, 0.15) is 0 Å². The molecule has 0 heterocycles. The van der Waals surface area contributed by atoms with Gasteiger partial charge in [-0.1, -0.05) is 18.2 Å². The number of hydrogen-bond donors (Lipinski definition) is 0. The fraction of sp³-hybridized carbons (Fsp3) is 0.111. The first-order valence-corrected chi connectivity index (χ1v) is 6.63. The summed E-state index contributed by atoms with van der Waals surface area (Å²) in [4.78, 5) is 2.41. The summed E-state index contributed by atoms with van der Waals surface area (Å²) in [5, 5.41) is 0. The van der Waals surface area contributed by atoms with Gasteiger partial charge in [-0.15, -0.1) is 0 Å². The maximum Gasteiger partial charge on any atom is 0.0366 e. The van der Waals surface area contributed by atoms with E-state index in [0.717, 1.165) is 13.1 Å². The van der Waals surface area contributed by atoms with Crippen LogP contribution in [0.1, 0.15) is 0 Å². The molecule has 0 atom stereocenters. The first-order valence-electron chi connectivity index (χ1n) is 6.63. The van der Waals surface area contributed by atoms with Crippen molar-refractivity contribution in [1.29, 1.82) is 0 Å². The Balaban J connectivity index is 1.66. The van der Waals surface area contributed by atoms with E-state index < -0.39 is 0 Å². The highest BCUT2D eigenvalue weighted by atomic mass is 15.1. The van der Waals surface area contributed by atoms with Crippen molar-refractivity contribution in [2.24, 2.45) is 0 Å². The van der Waals surface area contributed by atoms with Gasteiger partial charge >= 0.3 is 0 Å². The average molecular weight is 247 g/mol. The molecule has 2 aliphatic rings. The van der Waals surface area contributed by atoms with Gasteiger partial charge in [-0.2, -0.15) is 0 Å². The van der Waals surface area contributed by atoms with Crippen molar-refractivity contribution < 1.29 is 0 Å². The van der Waals surface area contributed by atoms with E-state index in [2.05, 4.69) is 86.6 Å². The molecule has 0 aliphatic heterocycles. The van der Waals surface area contributed by atoms with Gasteiger partial charge in [0.05, 0.1) is 0 Å². The van der Waals surface area contributed by atoms with E-state index in [1.807, 2.05) is 0 Å². The Morgan fingerprint density at radius 2 is 1.11 bits per heavy atom. The molecule has 0 unspecified atom stereocenters. The van der Waals surface area contributed by atoms with Crippen LogP contribution in [0.15, 0.2) is 30.3 Å². The molecule has 0 N–H and O–H groups in total. The van der Waals surface area contributed by atoms with Crippen LogP contribution in [0.2, 0.25) is 0 Å². The normalized spacial score (nSPS) is 21.1. The van der Waals surface area contributed by atoms with Crippen LogP contribution >= 0.6 is 0 Å². The number of nitrogens with zero attached hydrogens (tertiary/aromatic N) is 1. The Morgan fingerprint density at radius 3 is 1.58 bits per heavy atom. The van der Waals surface area contributed by atoms with Gasteiger partial charge in [-0.3, -0.25) is 0 Å². The van der Waals surface area contributed by atoms with Gasteiger partial charge in [0.2, 0.25) is 0 Å². The maximum absolute atomic E-state index is 2.41. The monoisotopic (exact) mass is 247 g/mol. The molecule has 1 nitrogen and oxygen atoms in total. The summed E-state index contributed by atoms with van der Waals surface area (Å²) in [6, 6.07) is 10.6. The van der Waals surface area contributed by atoms with Crippen molar-refractivity contribution in [3.8, 4) is 0 Å². The molecule has 1 aromatic carbocycles. The fourth-order valence-electron chi connectivity index (χ4n) is 2.36. The lowest BCUT2D eigenvalue weighted by Gasteiger charge is -2.29. The second kappa shape index (κ2) is 6.45. The summed E-state index contributed by atoms with van der Waals surface area (Å²) in [7, 11) is 0. The summed E-state index contributed by atoms with van der Waals surface area (Å²) in [5.41, 5.74) is 1.27.